The van der Waals surface area contributed by atoms with Crippen molar-refractivity contribution in [1.82, 2.24) is 20.1 Å². The van der Waals surface area contributed by atoms with Crippen LogP contribution in [0.4, 0.5) is 22.0 Å². The molecule has 10 nitrogen and oxygen atoms in total. The lowest BCUT2D eigenvalue weighted by molar-refractivity contribution is -0.286. The van der Waals surface area contributed by atoms with Gasteiger partial charge in [-0.2, -0.15) is 18.3 Å². The van der Waals surface area contributed by atoms with E-state index in [0.717, 1.165) is 4.68 Å². The highest BCUT2D eigenvalue weighted by Crippen LogP contribution is 2.43. The summed E-state index contributed by atoms with van der Waals surface area (Å²) in [5, 5.41) is 6.58. The topological polar surface area (TPSA) is 114 Å². The van der Waals surface area contributed by atoms with E-state index in [2.05, 4.69) is 24.9 Å². The second kappa shape index (κ2) is 11.4. The van der Waals surface area contributed by atoms with Gasteiger partial charge >= 0.3 is 18.4 Å². The maximum atomic E-state index is 14.1. The maximum Gasteiger partial charge on any atom is 0.586 e. The number of ether oxygens (including phenoxy) is 4. The summed E-state index contributed by atoms with van der Waals surface area (Å²) in [4.78, 5) is 29.1. The Hall–Kier alpha value is -5.21. The number of amides is 1. The van der Waals surface area contributed by atoms with E-state index in [1.807, 2.05) is 0 Å². The van der Waals surface area contributed by atoms with E-state index in [0.29, 0.717) is 18.4 Å². The molecule has 1 N–H and O–H groups in total. The summed E-state index contributed by atoms with van der Waals surface area (Å²) >= 11 is 0. The third-order valence-corrected chi connectivity index (χ3v) is 7.18. The lowest BCUT2D eigenvalue weighted by atomic mass is 9.93. The number of rotatable bonds is 7. The predicted molar refractivity (Wildman–Crippen MR) is 144 cm³/mol. The first kappa shape index (κ1) is 29.8. The Morgan fingerprint density at radius 1 is 1.07 bits per heavy atom. The van der Waals surface area contributed by atoms with Gasteiger partial charge in [-0.05, 0) is 61.2 Å². The molecule has 0 saturated heterocycles. The van der Waals surface area contributed by atoms with Gasteiger partial charge < -0.3 is 24.3 Å². The number of hydrogen-bond donors (Lipinski definition) is 1. The molecule has 1 atom stereocenters. The fraction of sp³-hybridized carbons (Fsp3) is 0.267. The second-order valence-corrected chi connectivity index (χ2v) is 10.2. The van der Waals surface area contributed by atoms with Crippen molar-refractivity contribution in [3.05, 3.63) is 94.4 Å². The second-order valence-electron chi connectivity index (χ2n) is 10.2. The molecule has 1 unspecified atom stereocenters. The summed E-state index contributed by atoms with van der Waals surface area (Å²) in [5.74, 6) is -1.52. The van der Waals surface area contributed by atoms with Gasteiger partial charge in [-0.25, -0.2) is 14.5 Å². The van der Waals surface area contributed by atoms with Crippen LogP contribution in [0.3, 0.4) is 0 Å². The van der Waals surface area contributed by atoms with Crippen LogP contribution in [0, 0.1) is 0 Å². The number of carbonyl (C=O) groups excluding carboxylic acids is 2. The number of methoxy groups -OCH3 is 1. The largest absolute Gasteiger partial charge is 0.586 e. The highest BCUT2D eigenvalue weighted by molar-refractivity contribution is 5.94. The Balaban J connectivity index is 1.28. The van der Waals surface area contributed by atoms with Crippen LogP contribution in [0.15, 0.2) is 60.8 Å². The number of nitrogens with zero attached hydrogens (tertiary/aromatic N) is 3. The number of fused-ring (bicyclic) bond motifs is 2. The van der Waals surface area contributed by atoms with Crippen LogP contribution in [-0.2, 0) is 23.9 Å². The minimum Gasteiger partial charge on any atom is -0.468 e. The fourth-order valence-electron chi connectivity index (χ4n) is 5.21. The third-order valence-electron chi connectivity index (χ3n) is 7.18. The Morgan fingerprint density at radius 3 is 2.64 bits per heavy atom. The first-order valence-corrected chi connectivity index (χ1v) is 13.6. The van der Waals surface area contributed by atoms with E-state index in [9.17, 15) is 31.5 Å². The van der Waals surface area contributed by atoms with Crippen molar-refractivity contribution in [1.29, 1.82) is 0 Å². The van der Waals surface area contributed by atoms with Gasteiger partial charge in [-0.1, -0.05) is 12.1 Å². The number of alkyl halides is 5. The normalized spacial score (nSPS) is 16.5. The standard InChI is InChI=1S/C30H23F5N4O6/c1-42-28(41)18-10-11-36-24(14-18)43-22-7-3-6-20-25(22)39(38-26(20)29(31,32)33)19-5-2-4-17(13-19)27(40)37-15-16-8-9-21-23(12-16)45-30(34,35)44-21/h2,4-5,8-14,22H,3,6-7,15H2,1H3,(H,37,40). The van der Waals surface area contributed by atoms with Crippen LogP contribution in [0.5, 0.6) is 17.4 Å². The van der Waals surface area contributed by atoms with Crippen molar-refractivity contribution in [2.75, 3.05) is 7.11 Å². The molecule has 3 heterocycles. The van der Waals surface area contributed by atoms with E-state index in [4.69, 9.17) is 9.47 Å². The van der Waals surface area contributed by atoms with Crippen molar-refractivity contribution >= 4 is 11.9 Å². The van der Waals surface area contributed by atoms with E-state index in [-0.39, 0.29) is 58.4 Å². The van der Waals surface area contributed by atoms with Crippen LogP contribution in [0.25, 0.3) is 5.69 Å². The number of esters is 1. The molecule has 45 heavy (non-hydrogen) atoms. The van der Waals surface area contributed by atoms with E-state index in [1.165, 1.54) is 67.9 Å². The van der Waals surface area contributed by atoms with Crippen molar-refractivity contribution in [2.45, 2.75) is 44.4 Å². The number of carbonyl (C=O) groups is 2. The van der Waals surface area contributed by atoms with Gasteiger partial charge in [0.05, 0.1) is 24.1 Å². The molecule has 15 heteroatoms. The van der Waals surface area contributed by atoms with Gasteiger partial charge in [0, 0.05) is 29.9 Å². The van der Waals surface area contributed by atoms with Crippen LogP contribution in [-0.4, -0.2) is 40.0 Å². The molecule has 1 amide bonds. The molecular formula is C30H23F5N4O6. The molecule has 1 aliphatic carbocycles. The van der Waals surface area contributed by atoms with Gasteiger partial charge in [0.2, 0.25) is 5.88 Å². The Morgan fingerprint density at radius 2 is 1.87 bits per heavy atom. The van der Waals surface area contributed by atoms with Crippen LogP contribution < -0.4 is 19.5 Å². The van der Waals surface area contributed by atoms with Crippen molar-refractivity contribution in [3.63, 3.8) is 0 Å². The van der Waals surface area contributed by atoms with Gasteiger partial charge in [0.1, 0.15) is 6.10 Å². The van der Waals surface area contributed by atoms with E-state index >= 15 is 0 Å². The minimum atomic E-state index is -4.76. The molecule has 0 fully saturated rings. The molecule has 0 saturated carbocycles. The van der Waals surface area contributed by atoms with E-state index < -0.39 is 36.1 Å². The molecule has 0 radical (unpaired) electrons. The summed E-state index contributed by atoms with van der Waals surface area (Å²) in [6, 6.07) is 12.7. The molecule has 2 aliphatic rings. The third kappa shape index (κ3) is 6.10. The number of nitrogens with one attached hydrogen (secondary N) is 1. The van der Waals surface area contributed by atoms with Crippen LogP contribution >= 0.6 is 0 Å². The zero-order valence-electron chi connectivity index (χ0n) is 23.4. The Kier molecular flexibility index (Phi) is 7.54. The van der Waals surface area contributed by atoms with Crippen molar-refractivity contribution in [2.24, 2.45) is 0 Å². The lowest BCUT2D eigenvalue weighted by Gasteiger charge is -2.25. The molecular weight excluding hydrogens is 607 g/mol. The predicted octanol–water partition coefficient (Wildman–Crippen LogP) is 5.78. The lowest BCUT2D eigenvalue weighted by Crippen LogP contribution is -2.26. The zero-order chi connectivity index (χ0) is 31.9. The highest BCUT2D eigenvalue weighted by Gasteiger charge is 2.44. The summed E-state index contributed by atoms with van der Waals surface area (Å²) in [7, 11) is 1.21. The molecule has 1 aliphatic heterocycles. The molecule has 6 rings (SSSR count). The van der Waals surface area contributed by atoms with Gasteiger partial charge in [0.15, 0.2) is 17.2 Å². The van der Waals surface area contributed by atoms with Crippen molar-refractivity contribution in [3.8, 4) is 23.1 Å². The summed E-state index contributed by atoms with van der Waals surface area (Å²) in [5.41, 5.74) is -0.0735. The summed E-state index contributed by atoms with van der Waals surface area (Å²) in [6.07, 6.45) is -7.31. The molecule has 4 aromatic rings. The number of hydrogen-bond acceptors (Lipinski definition) is 8. The molecule has 2 aromatic carbocycles. The van der Waals surface area contributed by atoms with Crippen LogP contribution in [0.2, 0.25) is 0 Å². The monoisotopic (exact) mass is 630 g/mol. The zero-order valence-corrected chi connectivity index (χ0v) is 23.4. The molecule has 234 valence electrons. The van der Waals surface area contributed by atoms with E-state index in [1.54, 1.807) is 0 Å². The maximum absolute atomic E-state index is 14.1. The van der Waals surface area contributed by atoms with Gasteiger partial charge in [-0.15, -0.1) is 8.78 Å². The quantitative estimate of drug-likeness (QED) is 0.202. The van der Waals surface area contributed by atoms with Gasteiger partial charge in [-0.3, -0.25) is 4.79 Å². The number of aromatic nitrogens is 3. The van der Waals surface area contributed by atoms with Crippen molar-refractivity contribution < 1.29 is 50.5 Å². The molecule has 2 aromatic heterocycles. The highest BCUT2D eigenvalue weighted by atomic mass is 19.4. The first-order chi connectivity index (χ1) is 21.4. The average molecular weight is 631 g/mol. The average Bonchev–Trinajstić information content (AvgIpc) is 3.56. The molecule has 0 spiro atoms. The number of pyridine rings is 1. The first-order valence-electron chi connectivity index (χ1n) is 13.6. The van der Waals surface area contributed by atoms with Gasteiger partial charge in [0.25, 0.3) is 5.91 Å². The Bertz CT molecular complexity index is 1790. The SMILES string of the molecule is COC(=O)c1ccnc(OC2CCCc3c(C(F)(F)F)nn(-c4cccc(C(=O)NCc5ccc6c(c5)OC(F)(F)O6)c4)c32)c1. The summed E-state index contributed by atoms with van der Waals surface area (Å²) < 4.78 is 89.7. The Labute approximate surface area is 251 Å². The fourth-order valence-corrected chi connectivity index (χ4v) is 5.21. The number of benzene rings is 2. The minimum absolute atomic E-state index is 0.0115. The smallest absolute Gasteiger partial charge is 0.468 e. The van der Waals surface area contributed by atoms with Crippen LogP contribution in [0.1, 0.15) is 62.2 Å². The number of halogens is 5. The summed E-state index contributed by atoms with van der Waals surface area (Å²) in [6.45, 7) is -0.0613. The molecule has 0 bridgehead atoms.